The standard InChI is InChI=1S/C25H25N5O4/c26-7-1-2-9-34-18-6-5-16-13-30(14-17(16)10-18)25(33)20-11-19-21(12-23(20)31)27-28-22(19)15-29-8-3-4-24(29)32/h5-6,10-12,31H,1-4,8-9,13-15H2,(H,27,28). The molecule has 174 valence electrons. The van der Waals surface area contributed by atoms with E-state index in [1.165, 1.54) is 6.07 Å². The fourth-order valence-corrected chi connectivity index (χ4v) is 4.57. The lowest BCUT2D eigenvalue weighted by Gasteiger charge is -2.17. The largest absolute Gasteiger partial charge is 0.507 e. The summed E-state index contributed by atoms with van der Waals surface area (Å²) in [6.45, 7) is 2.41. The molecule has 2 aliphatic heterocycles. The Morgan fingerprint density at radius 2 is 2.09 bits per heavy atom. The maximum Gasteiger partial charge on any atom is 0.258 e. The lowest BCUT2D eigenvalue weighted by molar-refractivity contribution is -0.128. The highest BCUT2D eigenvalue weighted by molar-refractivity contribution is 6.01. The van der Waals surface area contributed by atoms with Crippen molar-refractivity contribution in [1.29, 1.82) is 5.26 Å². The second-order valence-electron chi connectivity index (χ2n) is 8.71. The second kappa shape index (κ2) is 9.06. The minimum Gasteiger partial charge on any atom is -0.507 e. The number of hydrogen-bond acceptors (Lipinski definition) is 6. The molecule has 0 atom stereocenters. The summed E-state index contributed by atoms with van der Waals surface area (Å²) in [7, 11) is 0. The summed E-state index contributed by atoms with van der Waals surface area (Å²) in [5.41, 5.74) is 3.56. The molecule has 0 radical (unpaired) electrons. The maximum absolute atomic E-state index is 13.3. The van der Waals surface area contributed by atoms with Crippen LogP contribution in [0.1, 0.15) is 52.9 Å². The molecule has 0 spiro atoms. The molecule has 2 aromatic carbocycles. The molecule has 2 amide bonds. The predicted molar refractivity (Wildman–Crippen MR) is 123 cm³/mol. The molecular weight excluding hydrogens is 434 g/mol. The number of carbonyl (C=O) groups is 2. The van der Waals surface area contributed by atoms with Gasteiger partial charge in [0.2, 0.25) is 5.91 Å². The van der Waals surface area contributed by atoms with Gasteiger partial charge in [-0.15, -0.1) is 0 Å². The maximum atomic E-state index is 13.3. The molecule has 34 heavy (non-hydrogen) atoms. The zero-order valence-corrected chi connectivity index (χ0v) is 18.7. The molecule has 0 bridgehead atoms. The average molecular weight is 460 g/mol. The first-order valence-corrected chi connectivity index (χ1v) is 11.4. The number of amides is 2. The number of aromatic hydroxyl groups is 1. The Labute approximate surface area is 196 Å². The SMILES string of the molecule is N#CCCCOc1ccc2c(c1)CN(C(=O)c1cc3c(CN4CCCC4=O)n[nH]c3cc1O)C2. The number of rotatable bonds is 7. The number of phenols is 1. The lowest BCUT2D eigenvalue weighted by atomic mass is 10.1. The van der Waals surface area contributed by atoms with Crippen LogP contribution in [0.15, 0.2) is 30.3 Å². The molecule has 2 aliphatic rings. The van der Waals surface area contributed by atoms with Crippen molar-refractivity contribution in [1.82, 2.24) is 20.0 Å². The van der Waals surface area contributed by atoms with Crippen LogP contribution in [0, 0.1) is 11.3 Å². The van der Waals surface area contributed by atoms with Gasteiger partial charge in [-0.1, -0.05) is 6.07 Å². The molecule has 9 heteroatoms. The number of unbranched alkanes of at least 4 members (excludes halogenated alkanes) is 1. The molecule has 3 aromatic rings. The van der Waals surface area contributed by atoms with Crippen molar-refractivity contribution in [3.8, 4) is 17.6 Å². The summed E-state index contributed by atoms with van der Waals surface area (Å²) in [4.78, 5) is 28.8. The van der Waals surface area contributed by atoms with Gasteiger partial charge >= 0.3 is 0 Å². The van der Waals surface area contributed by atoms with Crippen LogP contribution < -0.4 is 4.74 Å². The van der Waals surface area contributed by atoms with E-state index in [2.05, 4.69) is 16.3 Å². The normalized spacial score (nSPS) is 15.1. The summed E-state index contributed by atoms with van der Waals surface area (Å²) in [5.74, 6) is 0.447. The molecule has 2 N–H and O–H groups in total. The van der Waals surface area contributed by atoms with Crippen LogP contribution in [0.4, 0.5) is 0 Å². The number of carbonyl (C=O) groups excluding carboxylic acids is 2. The lowest BCUT2D eigenvalue weighted by Crippen LogP contribution is -2.25. The first-order valence-electron chi connectivity index (χ1n) is 11.4. The highest BCUT2D eigenvalue weighted by Gasteiger charge is 2.28. The summed E-state index contributed by atoms with van der Waals surface area (Å²) in [6, 6.07) is 11.0. The Morgan fingerprint density at radius 3 is 2.88 bits per heavy atom. The van der Waals surface area contributed by atoms with Gasteiger partial charge in [-0.2, -0.15) is 10.4 Å². The van der Waals surface area contributed by atoms with E-state index in [1.54, 1.807) is 15.9 Å². The van der Waals surface area contributed by atoms with E-state index in [-0.39, 0.29) is 23.1 Å². The van der Waals surface area contributed by atoms with Gasteiger partial charge in [0.1, 0.15) is 11.5 Å². The number of H-pyrrole nitrogens is 1. The van der Waals surface area contributed by atoms with Crippen LogP contribution in [0.5, 0.6) is 11.5 Å². The van der Waals surface area contributed by atoms with Crippen LogP contribution >= 0.6 is 0 Å². The topological polar surface area (TPSA) is 123 Å². The third-order valence-corrected chi connectivity index (χ3v) is 6.39. The highest BCUT2D eigenvalue weighted by Crippen LogP contribution is 2.32. The number of ether oxygens (including phenoxy) is 1. The molecule has 0 aliphatic carbocycles. The van der Waals surface area contributed by atoms with Crippen LogP contribution in [0.3, 0.4) is 0 Å². The molecule has 1 aromatic heterocycles. The fraction of sp³-hybridized carbons (Fsp3) is 0.360. The smallest absolute Gasteiger partial charge is 0.258 e. The molecular formula is C25H25N5O4. The van der Waals surface area contributed by atoms with E-state index < -0.39 is 0 Å². The number of nitriles is 1. The van der Waals surface area contributed by atoms with Gasteiger partial charge in [0.05, 0.1) is 36.0 Å². The number of nitrogens with one attached hydrogen (secondary N) is 1. The number of fused-ring (bicyclic) bond motifs is 2. The van der Waals surface area contributed by atoms with Gasteiger partial charge in [-0.3, -0.25) is 14.7 Å². The Bertz CT molecular complexity index is 1310. The zero-order valence-electron chi connectivity index (χ0n) is 18.7. The number of aromatic nitrogens is 2. The van der Waals surface area contributed by atoms with E-state index in [1.807, 2.05) is 18.2 Å². The Balaban J connectivity index is 1.33. The van der Waals surface area contributed by atoms with Crippen molar-refractivity contribution >= 4 is 22.7 Å². The number of nitrogens with zero attached hydrogens (tertiary/aromatic N) is 4. The van der Waals surface area contributed by atoms with E-state index in [9.17, 15) is 14.7 Å². The number of likely N-dealkylation sites (tertiary alicyclic amines) is 1. The Kier molecular flexibility index (Phi) is 5.80. The monoisotopic (exact) mass is 459 g/mol. The van der Waals surface area contributed by atoms with Gasteiger partial charge < -0.3 is 19.6 Å². The number of benzene rings is 2. The van der Waals surface area contributed by atoms with E-state index >= 15 is 0 Å². The van der Waals surface area contributed by atoms with Crippen molar-refractivity contribution in [3.63, 3.8) is 0 Å². The van der Waals surface area contributed by atoms with Gasteiger partial charge in [0, 0.05) is 43.9 Å². The molecule has 5 rings (SSSR count). The number of hydrogen-bond donors (Lipinski definition) is 2. The fourth-order valence-electron chi connectivity index (χ4n) is 4.57. The Hall–Kier alpha value is -4.06. The summed E-state index contributed by atoms with van der Waals surface area (Å²) in [6.07, 6.45) is 2.51. The summed E-state index contributed by atoms with van der Waals surface area (Å²) in [5, 5.41) is 27.2. The van der Waals surface area contributed by atoms with Gasteiger partial charge in [0.25, 0.3) is 5.91 Å². The molecule has 3 heterocycles. The van der Waals surface area contributed by atoms with E-state index in [0.717, 1.165) is 28.7 Å². The quantitative estimate of drug-likeness (QED) is 0.523. The molecule has 0 saturated carbocycles. The van der Waals surface area contributed by atoms with Crippen LogP contribution in [-0.4, -0.2) is 50.1 Å². The van der Waals surface area contributed by atoms with E-state index in [4.69, 9.17) is 10.00 Å². The summed E-state index contributed by atoms with van der Waals surface area (Å²) < 4.78 is 5.71. The molecule has 9 nitrogen and oxygen atoms in total. The van der Waals surface area contributed by atoms with Crippen molar-refractivity contribution in [2.45, 2.75) is 45.3 Å². The van der Waals surface area contributed by atoms with Crippen LogP contribution in [0.2, 0.25) is 0 Å². The van der Waals surface area contributed by atoms with Crippen LogP contribution in [-0.2, 0) is 24.4 Å². The first-order chi connectivity index (χ1) is 16.5. The van der Waals surface area contributed by atoms with Crippen molar-refractivity contribution in [3.05, 3.63) is 52.7 Å². The van der Waals surface area contributed by atoms with Crippen molar-refractivity contribution in [2.75, 3.05) is 13.2 Å². The number of phenolic OH excluding ortho intramolecular Hbond substituents is 1. The molecule has 1 fully saturated rings. The third-order valence-electron chi connectivity index (χ3n) is 6.39. The average Bonchev–Trinajstić information content (AvgIpc) is 3.54. The molecule has 1 saturated heterocycles. The molecule has 0 unspecified atom stereocenters. The van der Waals surface area contributed by atoms with Gasteiger partial charge in [-0.05, 0) is 42.2 Å². The van der Waals surface area contributed by atoms with Crippen molar-refractivity contribution < 1.29 is 19.4 Å². The summed E-state index contributed by atoms with van der Waals surface area (Å²) >= 11 is 0. The highest BCUT2D eigenvalue weighted by atomic mass is 16.5. The van der Waals surface area contributed by atoms with Gasteiger partial charge in [-0.25, -0.2) is 0 Å². The predicted octanol–water partition coefficient (Wildman–Crippen LogP) is 3.23. The van der Waals surface area contributed by atoms with E-state index in [0.29, 0.717) is 63.3 Å². The second-order valence-corrected chi connectivity index (χ2v) is 8.71. The Morgan fingerprint density at radius 1 is 1.24 bits per heavy atom. The minimum absolute atomic E-state index is 0.106. The van der Waals surface area contributed by atoms with Crippen LogP contribution in [0.25, 0.3) is 10.9 Å². The van der Waals surface area contributed by atoms with Gasteiger partial charge in [0.15, 0.2) is 0 Å². The minimum atomic E-state index is -0.267. The number of aromatic amines is 1. The van der Waals surface area contributed by atoms with Crippen molar-refractivity contribution in [2.24, 2.45) is 0 Å². The first kappa shape index (κ1) is 21.8. The third kappa shape index (κ3) is 4.15. The zero-order chi connectivity index (χ0) is 23.7.